The van der Waals surface area contributed by atoms with Crippen LogP contribution in [0.5, 0.6) is 0 Å². The number of halogens is 1. The number of anilines is 1. The van der Waals surface area contributed by atoms with E-state index in [2.05, 4.69) is 58.7 Å². The summed E-state index contributed by atoms with van der Waals surface area (Å²) in [6.45, 7) is 2.35. The van der Waals surface area contributed by atoms with Crippen LogP contribution in [0.15, 0.2) is 72.8 Å². The minimum absolute atomic E-state index is 0.0836. The van der Waals surface area contributed by atoms with E-state index in [9.17, 15) is 9.18 Å². The standard InChI is InChI=1S/C26H28FN3O/c1-29(2)22-13-11-20(12-14-22)25(17-28-26(31)23-9-5-6-10-24(23)27)30-16-15-19-7-3-4-8-21(19)18-30/h3-14,25H,15-18H2,1-2H3,(H,28,31)/p+1/t25-/m1/s1. The molecule has 1 aliphatic rings. The van der Waals surface area contributed by atoms with Crippen LogP contribution in [0.2, 0.25) is 0 Å². The van der Waals surface area contributed by atoms with E-state index in [-0.39, 0.29) is 17.5 Å². The number of nitrogens with zero attached hydrogens (tertiary/aromatic N) is 1. The zero-order chi connectivity index (χ0) is 21.8. The molecule has 0 spiro atoms. The average molecular weight is 419 g/mol. The number of benzene rings is 3. The molecule has 2 atom stereocenters. The lowest BCUT2D eigenvalue weighted by Crippen LogP contribution is -3.12. The topological polar surface area (TPSA) is 36.8 Å². The van der Waals surface area contributed by atoms with Gasteiger partial charge in [0.25, 0.3) is 5.91 Å². The summed E-state index contributed by atoms with van der Waals surface area (Å²) in [5.74, 6) is -0.865. The molecule has 160 valence electrons. The lowest BCUT2D eigenvalue weighted by atomic mass is 9.96. The molecule has 1 amide bonds. The van der Waals surface area contributed by atoms with Crippen molar-refractivity contribution in [2.45, 2.75) is 19.0 Å². The summed E-state index contributed by atoms with van der Waals surface area (Å²) >= 11 is 0. The van der Waals surface area contributed by atoms with Crippen LogP contribution >= 0.6 is 0 Å². The van der Waals surface area contributed by atoms with Crippen LogP contribution in [0.25, 0.3) is 0 Å². The predicted octanol–water partition coefficient (Wildman–Crippen LogP) is 3.00. The Balaban J connectivity index is 1.57. The number of amides is 1. The van der Waals surface area contributed by atoms with Crippen molar-refractivity contribution in [1.29, 1.82) is 0 Å². The highest BCUT2D eigenvalue weighted by atomic mass is 19.1. The van der Waals surface area contributed by atoms with Gasteiger partial charge in [0.1, 0.15) is 18.4 Å². The molecule has 3 aromatic rings. The number of fused-ring (bicyclic) bond motifs is 1. The Morgan fingerprint density at radius 3 is 2.39 bits per heavy atom. The molecule has 0 saturated carbocycles. The van der Waals surface area contributed by atoms with E-state index < -0.39 is 5.82 Å². The van der Waals surface area contributed by atoms with Crippen molar-refractivity contribution in [2.24, 2.45) is 0 Å². The van der Waals surface area contributed by atoms with Crippen LogP contribution in [0.1, 0.15) is 33.1 Å². The van der Waals surface area contributed by atoms with E-state index in [0.717, 1.165) is 25.2 Å². The molecular formula is C26H29FN3O+. The molecule has 5 heteroatoms. The van der Waals surface area contributed by atoms with E-state index in [0.29, 0.717) is 6.54 Å². The third-order valence-corrected chi connectivity index (χ3v) is 6.14. The van der Waals surface area contributed by atoms with Gasteiger partial charge in [0.2, 0.25) is 0 Å². The van der Waals surface area contributed by atoms with Crippen molar-refractivity contribution in [3.05, 3.63) is 101 Å². The van der Waals surface area contributed by atoms with Gasteiger partial charge in [-0.05, 0) is 29.8 Å². The highest BCUT2D eigenvalue weighted by Crippen LogP contribution is 2.19. The maximum Gasteiger partial charge on any atom is 0.254 e. The molecule has 3 aromatic carbocycles. The van der Waals surface area contributed by atoms with Crippen molar-refractivity contribution in [1.82, 2.24) is 5.32 Å². The summed E-state index contributed by atoms with van der Waals surface area (Å²) < 4.78 is 14.1. The Morgan fingerprint density at radius 1 is 1.00 bits per heavy atom. The number of carbonyl (C=O) groups excluding carboxylic acids is 1. The van der Waals surface area contributed by atoms with Gasteiger partial charge in [0, 0.05) is 37.3 Å². The third kappa shape index (κ3) is 4.78. The number of rotatable bonds is 6. The highest BCUT2D eigenvalue weighted by molar-refractivity contribution is 5.94. The van der Waals surface area contributed by atoms with Gasteiger partial charge in [0.05, 0.1) is 18.7 Å². The zero-order valence-corrected chi connectivity index (χ0v) is 18.1. The molecule has 0 saturated heterocycles. The molecule has 0 radical (unpaired) electrons. The fourth-order valence-electron chi connectivity index (χ4n) is 4.34. The summed E-state index contributed by atoms with van der Waals surface area (Å²) in [6, 6.07) is 23.3. The molecule has 0 fully saturated rings. The van der Waals surface area contributed by atoms with Crippen LogP contribution in [0.3, 0.4) is 0 Å². The maximum atomic E-state index is 14.1. The first-order valence-corrected chi connectivity index (χ1v) is 10.7. The lowest BCUT2D eigenvalue weighted by Gasteiger charge is -2.33. The maximum absolute atomic E-state index is 14.1. The summed E-state index contributed by atoms with van der Waals surface area (Å²) in [5.41, 5.74) is 5.16. The van der Waals surface area contributed by atoms with E-state index in [1.807, 2.05) is 14.1 Å². The first-order valence-electron chi connectivity index (χ1n) is 10.7. The fourth-order valence-corrected chi connectivity index (χ4v) is 4.34. The molecule has 1 aliphatic heterocycles. The molecule has 1 unspecified atom stereocenters. The van der Waals surface area contributed by atoms with Gasteiger partial charge < -0.3 is 15.1 Å². The van der Waals surface area contributed by atoms with E-state index >= 15 is 0 Å². The molecular weight excluding hydrogens is 389 g/mol. The van der Waals surface area contributed by atoms with Crippen molar-refractivity contribution < 1.29 is 14.1 Å². The Kier molecular flexibility index (Phi) is 6.33. The van der Waals surface area contributed by atoms with Crippen LogP contribution < -0.4 is 15.1 Å². The molecule has 31 heavy (non-hydrogen) atoms. The second kappa shape index (κ2) is 9.31. The Labute approximate surface area is 183 Å². The Morgan fingerprint density at radius 2 is 1.68 bits per heavy atom. The largest absolute Gasteiger partial charge is 0.378 e. The van der Waals surface area contributed by atoms with Crippen LogP contribution in [0.4, 0.5) is 10.1 Å². The van der Waals surface area contributed by atoms with Crippen LogP contribution in [-0.2, 0) is 13.0 Å². The number of hydrogen-bond acceptors (Lipinski definition) is 2. The predicted molar refractivity (Wildman–Crippen MR) is 122 cm³/mol. The minimum Gasteiger partial charge on any atom is -0.378 e. The summed E-state index contributed by atoms with van der Waals surface area (Å²) in [5, 5.41) is 2.99. The van der Waals surface area contributed by atoms with E-state index in [1.165, 1.54) is 33.7 Å². The van der Waals surface area contributed by atoms with E-state index in [4.69, 9.17) is 0 Å². The van der Waals surface area contributed by atoms with Crippen LogP contribution in [-0.4, -0.2) is 33.1 Å². The van der Waals surface area contributed by atoms with Gasteiger partial charge in [0.15, 0.2) is 0 Å². The summed E-state index contributed by atoms with van der Waals surface area (Å²) in [4.78, 5) is 16.1. The molecule has 4 nitrogen and oxygen atoms in total. The first kappa shape index (κ1) is 21.1. The van der Waals surface area contributed by atoms with E-state index in [1.54, 1.807) is 12.1 Å². The van der Waals surface area contributed by atoms with Gasteiger partial charge in [-0.25, -0.2) is 4.39 Å². The summed E-state index contributed by atoms with van der Waals surface area (Å²) in [6.07, 6.45) is 1.01. The third-order valence-electron chi connectivity index (χ3n) is 6.14. The first-order chi connectivity index (χ1) is 15.0. The molecule has 2 N–H and O–H groups in total. The smallest absolute Gasteiger partial charge is 0.254 e. The number of hydrogen-bond donors (Lipinski definition) is 2. The molecule has 4 rings (SSSR count). The lowest BCUT2D eigenvalue weighted by molar-refractivity contribution is -0.945. The molecule has 0 aromatic heterocycles. The number of quaternary nitrogens is 1. The van der Waals surface area contributed by atoms with Crippen LogP contribution in [0, 0.1) is 5.82 Å². The number of nitrogens with one attached hydrogen (secondary N) is 2. The van der Waals surface area contributed by atoms with Gasteiger partial charge in [-0.1, -0.05) is 48.5 Å². The monoisotopic (exact) mass is 418 g/mol. The molecule has 0 bridgehead atoms. The van der Waals surface area contributed by atoms with Crippen molar-refractivity contribution in [2.75, 3.05) is 32.1 Å². The van der Waals surface area contributed by atoms with Crippen molar-refractivity contribution in [3.8, 4) is 0 Å². The normalized spacial score (nSPS) is 16.3. The fraction of sp³-hybridized carbons (Fsp3) is 0.269. The zero-order valence-electron chi connectivity index (χ0n) is 18.1. The highest BCUT2D eigenvalue weighted by Gasteiger charge is 2.29. The van der Waals surface area contributed by atoms with Gasteiger partial charge in [-0.15, -0.1) is 0 Å². The second-order valence-corrected chi connectivity index (χ2v) is 8.33. The Hall–Kier alpha value is -3.18. The van der Waals surface area contributed by atoms with Gasteiger partial charge >= 0.3 is 0 Å². The quantitative estimate of drug-likeness (QED) is 0.646. The minimum atomic E-state index is -0.494. The summed E-state index contributed by atoms with van der Waals surface area (Å²) in [7, 11) is 4.04. The molecule has 0 aliphatic carbocycles. The van der Waals surface area contributed by atoms with Crippen molar-refractivity contribution in [3.63, 3.8) is 0 Å². The van der Waals surface area contributed by atoms with Gasteiger partial charge in [-0.3, -0.25) is 4.79 Å². The second-order valence-electron chi connectivity index (χ2n) is 8.33. The van der Waals surface area contributed by atoms with Gasteiger partial charge in [-0.2, -0.15) is 0 Å². The number of carbonyl (C=O) groups is 1. The van der Waals surface area contributed by atoms with Crippen molar-refractivity contribution >= 4 is 11.6 Å². The SMILES string of the molecule is CN(C)c1ccc([C@@H](CNC(=O)c2ccccc2F)[NH+]2CCc3ccccc3C2)cc1. The average Bonchev–Trinajstić information content (AvgIpc) is 2.79. The Bertz CT molecular complexity index is 1050. The molecule has 1 heterocycles.